The van der Waals surface area contributed by atoms with Gasteiger partial charge in [-0.1, -0.05) is 73.2 Å². The molecule has 0 bridgehead atoms. The van der Waals surface area contributed by atoms with E-state index in [0.29, 0.717) is 42.1 Å². The summed E-state index contributed by atoms with van der Waals surface area (Å²) in [6.07, 6.45) is 2.45. The Morgan fingerprint density at radius 3 is 2.06 bits per heavy atom. The number of aromatic nitrogens is 1. The Morgan fingerprint density at radius 1 is 0.750 bits per heavy atom. The van der Waals surface area contributed by atoms with Gasteiger partial charge >= 0.3 is 0 Å². The van der Waals surface area contributed by atoms with Gasteiger partial charge in [-0.25, -0.2) is 4.98 Å². The molecule has 0 spiro atoms. The van der Waals surface area contributed by atoms with Crippen LogP contribution < -0.4 is 5.32 Å². The van der Waals surface area contributed by atoms with Crippen molar-refractivity contribution in [2.75, 3.05) is 11.9 Å². The second kappa shape index (κ2) is 10.7. The first-order valence-corrected chi connectivity index (χ1v) is 12.8. The Bertz CT molecular complexity index is 1360. The van der Waals surface area contributed by atoms with Crippen LogP contribution >= 0.6 is 11.3 Å². The highest BCUT2D eigenvalue weighted by Gasteiger charge is 2.34. The molecule has 0 saturated heterocycles. The molecule has 5 rings (SSSR count). The van der Waals surface area contributed by atoms with Crippen molar-refractivity contribution in [1.82, 2.24) is 9.88 Å². The first-order chi connectivity index (χ1) is 17.6. The van der Waals surface area contributed by atoms with E-state index < -0.39 is 0 Å². The highest BCUT2D eigenvalue weighted by molar-refractivity contribution is 7.14. The Morgan fingerprint density at radius 2 is 1.36 bits per heavy atom. The number of thiazole rings is 1. The fourth-order valence-corrected chi connectivity index (χ4v) is 5.02. The van der Waals surface area contributed by atoms with E-state index >= 15 is 0 Å². The largest absolute Gasteiger partial charge is 0.302 e. The molecule has 0 atom stereocenters. The smallest absolute Gasteiger partial charge is 0.261 e. The fraction of sp³-hybridized carbons (Fsp3) is 0.172. The maximum Gasteiger partial charge on any atom is 0.261 e. The Balaban J connectivity index is 1.06. The lowest BCUT2D eigenvalue weighted by Crippen LogP contribution is -2.30. The summed E-state index contributed by atoms with van der Waals surface area (Å²) in [7, 11) is 0. The minimum Gasteiger partial charge on any atom is -0.302 e. The minimum atomic E-state index is -0.234. The number of rotatable bonds is 9. The summed E-state index contributed by atoms with van der Waals surface area (Å²) in [6, 6.07) is 25.3. The summed E-state index contributed by atoms with van der Waals surface area (Å²) in [6.45, 7) is 0.368. The van der Waals surface area contributed by atoms with Crippen LogP contribution in [-0.2, 0) is 4.79 Å². The summed E-state index contributed by atoms with van der Waals surface area (Å²) >= 11 is 1.40. The molecular weight excluding hydrogens is 470 g/mol. The van der Waals surface area contributed by atoms with Crippen LogP contribution in [0.4, 0.5) is 5.13 Å². The number of anilines is 1. The third kappa shape index (κ3) is 5.11. The molecular formula is C29H25N3O3S. The van der Waals surface area contributed by atoms with Gasteiger partial charge in [-0.05, 0) is 36.1 Å². The second-order valence-electron chi connectivity index (χ2n) is 8.65. The van der Waals surface area contributed by atoms with Crippen LogP contribution in [-0.4, -0.2) is 34.2 Å². The molecule has 1 aromatic heterocycles. The number of nitrogens with one attached hydrogen (secondary N) is 1. The summed E-state index contributed by atoms with van der Waals surface area (Å²) in [5, 5.41) is 5.39. The molecule has 0 unspecified atom stereocenters. The molecule has 1 aliphatic rings. The zero-order chi connectivity index (χ0) is 24.9. The van der Waals surface area contributed by atoms with Crippen LogP contribution in [0, 0.1) is 0 Å². The number of hydrogen-bond donors (Lipinski definition) is 1. The van der Waals surface area contributed by atoms with Crippen LogP contribution in [0.1, 0.15) is 46.4 Å². The van der Waals surface area contributed by atoms with E-state index in [-0.39, 0.29) is 17.7 Å². The predicted molar refractivity (Wildman–Crippen MR) is 142 cm³/mol. The van der Waals surface area contributed by atoms with Gasteiger partial charge in [-0.3, -0.25) is 19.3 Å². The molecule has 6 nitrogen and oxygen atoms in total. The van der Waals surface area contributed by atoms with Crippen molar-refractivity contribution in [1.29, 1.82) is 0 Å². The van der Waals surface area contributed by atoms with E-state index in [1.807, 2.05) is 35.7 Å². The van der Waals surface area contributed by atoms with Crippen LogP contribution in [0.3, 0.4) is 0 Å². The van der Waals surface area contributed by atoms with Crippen molar-refractivity contribution in [2.24, 2.45) is 0 Å². The van der Waals surface area contributed by atoms with E-state index in [1.54, 1.807) is 24.3 Å². The predicted octanol–water partition coefficient (Wildman–Crippen LogP) is 6.27. The lowest BCUT2D eigenvalue weighted by molar-refractivity contribution is -0.116. The quantitative estimate of drug-likeness (QED) is 0.219. The van der Waals surface area contributed by atoms with Gasteiger partial charge in [0.05, 0.1) is 16.8 Å². The van der Waals surface area contributed by atoms with E-state index in [9.17, 15) is 14.4 Å². The average Bonchev–Trinajstić information content (AvgIpc) is 3.47. The van der Waals surface area contributed by atoms with E-state index in [0.717, 1.165) is 23.2 Å². The maximum absolute atomic E-state index is 12.4. The molecule has 2 heterocycles. The van der Waals surface area contributed by atoms with E-state index in [2.05, 4.69) is 34.6 Å². The third-order valence-electron chi connectivity index (χ3n) is 6.20. The number of carbonyl (C=O) groups is 3. The highest BCUT2D eigenvalue weighted by Crippen LogP contribution is 2.28. The molecule has 0 aliphatic carbocycles. The monoisotopic (exact) mass is 495 g/mol. The minimum absolute atomic E-state index is 0.0870. The number of nitrogens with zero attached hydrogens (tertiary/aromatic N) is 2. The molecule has 4 aromatic rings. The molecule has 180 valence electrons. The number of benzene rings is 3. The van der Waals surface area contributed by atoms with Gasteiger partial charge in [0, 0.05) is 23.9 Å². The van der Waals surface area contributed by atoms with Gasteiger partial charge < -0.3 is 5.32 Å². The summed E-state index contributed by atoms with van der Waals surface area (Å²) in [4.78, 5) is 43.0. The van der Waals surface area contributed by atoms with Crippen molar-refractivity contribution >= 4 is 34.2 Å². The van der Waals surface area contributed by atoms with Gasteiger partial charge in [-0.15, -0.1) is 11.3 Å². The van der Waals surface area contributed by atoms with Crippen LogP contribution in [0.25, 0.3) is 22.4 Å². The van der Waals surface area contributed by atoms with Crippen molar-refractivity contribution in [3.8, 4) is 22.4 Å². The zero-order valence-corrected chi connectivity index (χ0v) is 20.5. The summed E-state index contributed by atoms with van der Waals surface area (Å²) in [5.74, 6) is -0.554. The molecule has 1 aliphatic heterocycles. The molecule has 0 radical (unpaired) electrons. The molecule has 36 heavy (non-hydrogen) atoms. The molecule has 3 aromatic carbocycles. The summed E-state index contributed by atoms with van der Waals surface area (Å²) < 4.78 is 0. The molecule has 7 heteroatoms. The number of unbranched alkanes of at least 4 members (excludes halogenated alkanes) is 2. The van der Waals surface area contributed by atoms with Gasteiger partial charge in [0.2, 0.25) is 5.91 Å². The first kappa shape index (κ1) is 23.6. The van der Waals surface area contributed by atoms with Crippen molar-refractivity contribution in [3.05, 3.63) is 95.4 Å². The number of carbonyl (C=O) groups excluding carboxylic acids is 3. The number of fused-ring (bicyclic) bond motifs is 1. The molecule has 3 amide bonds. The van der Waals surface area contributed by atoms with Crippen LogP contribution in [0.2, 0.25) is 0 Å². The standard InChI is InChI=1S/C29H25N3O3S/c33-26(13-5-2-8-18-32-27(34)23-11-6-7-12-24(23)28(32)35)31-29-30-25(19-36-29)22-16-14-21(15-17-22)20-9-3-1-4-10-20/h1,3-4,6-7,9-12,14-17,19H,2,5,8,13,18H2,(H,30,31,33). The molecule has 0 fully saturated rings. The molecule has 1 N–H and O–H groups in total. The van der Waals surface area contributed by atoms with E-state index in [4.69, 9.17) is 0 Å². The number of hydrogen-bond acceptors (Lipinski definition) is 5. The maximum atomic E-state index is 12.4. The van der Waals surface area contributed by atoms with Crippen molar-refractivity contribution in [3.63, 3.8) is 0 Å². The summed E-state index contributed by atoms with van der Waals surface area (Å²) in [5.41, 5.74) is 5.08. The van der Waals surface area contributed by atoms with Gasteiger partial charge in [0.15, 0.2) is 5.13 Å². The van der Waals surface area contributed by atoms with Crippen LogP contribution in [0.15, 0.2) is 84.2 Å². The fourth-order valence-electron chi connectivity index (χ4n) is 4.28. The number of imide groups is 1. The Labute approximate surface area is 213 Å². The lowest BCUT2D eigenvalue weighted by Gasteiger charge is -2.13. The highest BCUT2D eigenvalue weighted by atomic mass is 32.1. The van der Waals surface area contributed by atoms with Crippen LogP contribution in [0.5, 0.6) is 0 Å². The Kier molecular flexibility index (Phi) is 7.00. The van der Waals surface area contributed by atoms with E-state index in [1.165, 1.54) is 21.8 Å². The molecule has 0 saturated carbocycles. The first-order valence-electron chi connectivity index (χ1n) is 12.0. The van der Waals surface area contributed by atoms with Gasteiger partial charge in [0.1, 0.15) is 0 Å². The Hall–Kier alpha value is -4.10. The normalized spacial score (nSPS) is 12.6. The van der Waals surface area contributed by atoms with Gasteiger partial charge in [-0.2, -0.15) is 0 Å². The van der Waals surface area contributed by atoms with Crippen molar-refractivity contribution < 1.29 is 14.4 Å². The van der Waals surface area contributed by atoms with Gasteiger partial charge in [0.25, 0.3) is 11.8 Å². The average molecular weight is 496 g/mol. The van der Waals surface area contributed by atoms with Crippen molar-refractivity contribution in [2.45, 2.75) is 25.7 Å². The SMILES string of the molecule is O=C(CCCCCN1C(=O)c2ccccc2C1=O)Nc1nc(-c2ccc(-c3ccccc3)cc2)cs1. The third-order valence-corrected chi connectivity index (χ3v) is 6.96. The number of amides is 3. The zero-order valence-electron chi connectivity index (χ0n) is 19.6. The second-order valence-corrected chi connectivity index (χ2v) is 9.51. The lowest BCUT2D eigenvalue weighted by atomic mass is 10.0. The topological polar surface area (TPSA) is 79.4 Å².